The highest BCUT2D eigenvalue weighted by Gasteiger charge is 2.11. The number of carboxylic acid groups (broad SMARTS) is 1. The lowest BCUT2D eigenvalue weighted by atomic mass is 10.1. The smallest absolute Gasteiger partial charge is 0.304 e. The number of nitrogens with one attached hydrogen (secondary N) is 1. The van der Waals surface area contributed by atoms with Crippen molar-refractivity contribution >= 4 is 5.97 Å². The van der Waals surface area contributed by atoms with Gasteiger partial charge in [0.25, 0.3) is 0 Å². The van der Waals surface area contributed by atoms with Crippen molar-refractivity contribution < 1.29 is 9.90 Å². The molecule has 0 fully saturated rings. The molecule has 3 nitrogen and oxygen atoms in total. The highest BCUT2D eigenvalue weighted by atomic mass is 16.4. The minimum absolute atomic E-state index is 0.0765. The van der Waals surface area contributed by atoms with Crippen molar-refractivity contribution in [2.75, 3.05) is 0 Å². The van der Waals surface area contributed by atoms with Crippen LogP contribution in [-0.4, -0.2) is 17.1 Å². The molecule has 0 bridgehead atoms. The van der Waals surface area contributed by atoms with Crippen molar-refractivity contribution in [3.63, 3.8) is 0 Å². The second-order valence-corrected chi connectivity index (χ2v) is 4.30. The largest absolute Gasteiger partial charge is 0.481 e. The molecule has 0 heterocycles. The molecule has 1 unspecified atom stereocenters. The molecule has 1 atom stereocenters. The molecule has 0 radical (unpaired) electrons. The van der Waals surface area contributed by atoms with Gasteiger partial charge in [0, 0.05) is 12.6 Å². The van der Waals surface area contributed by atoms with Crippen LogP contribution >= 0.6 is 0 Å². The molecule has 17 heavy (non-hydrogen) atoms. The van der Waals surface area contributed by atoms with Crippen molar-refractivity contribution in [1.29, 1.82) is 0 Å². The summed E-state index contributed by atoms with van der Waals surface area (Å²) in [6.07, 6.45) is 3.30. The van der Waals surface area contributed by atoms with E-state index in [0.717, 1.165) is 25.8 Å². The molecular weight excluding hydrogens is 214 g/mol. The Labute approximate surface area is 103 Å². The maximum atomic E-state index is 10.7. The molecule has 0 spiro atoms. The zero-order chi connectivity index (χ0) is 12.5. The molecule has 0 aromatic heterocycles. The Morgan fingerprint density at radius 1 is 1.35 bits per heavy atom. The summed E-state index contributed by atoms with van der Waals surface area (Å²) in [7, 11) is 0. The van der Waals surface area contributed by atoms with Crippen LogP contribution in [0.1, 0.15) is 38.2 Å². The molecule has 1 rings (SSSR count). The number of aliphatic carboxylic acids is 1. The normalized spacial score (nSPS) is 12.3. The van der Waals surface area contributed by atoms with Gasteiger partial charge in [-0.25, -0.2) is 0 Å². The van der Waals surface area contributed by atoms with Crippen molar-refractivity contribution in [3.8, 4) is 0 Å². The molecule has 94 valence electrons. The SMILES string of the molecule is CCCCC(CC(=O)O)NCc1ccccc1. The Hall–Kier alpha value is -1.35. The van der Waals surface area contributed by atoms with Crippen LogP contribution in [0.15, 0.2) is 30.3 Å². The van der Waals surface area contributed by atoms with E-state index in [4.69, 9.17) is 5.11 Å². The van der Waals surface area contributed by atoms with Crippen LogP contribution in [0.25, 0.3) is 0 Å². The van der Waals surface area contributed by atoms with Gasteiger partial charge in [0.1, 0.15) is 0 Å². The van der Waals surface area contributed by atoms with Gasteiger partial charge in [-0.1, -0.05) is 50.1 Å². The molecule has 0 saturated carbocycles. The van der Waals surface area contributed by atoms with Crippen LogP contribution < -0.4 is 5.32 Å². The monoisotopic (exact) mass is 235 g/mol. The molecule has 0 saturated heterocycles. The van der Waals surface area contributed by atoms with Crippen molar-refractivity contribution in [2.24, 2.45) is 0 Å². The van der Waals surface area contributed by atoms with Crippen LogP contribution in [0, 0.1) is 0 Å². The lowest BCUT2D eigenvalue weighted by molar-refractivity contribution is -0.137. The van der Waals surface area contributed by atoms with Gasteiger partial charge in [-0.2, -0.15) is 0 Å². The van der Waals surface area contributed by atoms with Crippen LogP contribution in [0.3, 0.4) is 0 Å². The Bertz CT molecular complexity index is 324. The molecule has 3 heteroatoms. The number of benzene rings is 1. The van der Waals surface area contributed by atoms with Gasteiger partial charge in [0.2, 0.25) is 0 Å². The standard InChI is InChI=1S/C14H21NO2/c1-2-3-9-13(10-14(16)17)15-11-12-7-5-4-6-8-12/h4-8,13,15H,2-3,9-11H2,1H3,(H,16,17). The summed E-state index contributed by atoms with van der Waals surface area (Å²) in [6, 6.07) is 10.1. The highest BCUT2D eigenvalue weighted by molar-refractivity contribution is 5.67. The third-order valence-electron chi connectivity index (χ3n) is 2.76. The predicted molar refractivity (Wildman–Crippen MR) is 68.8 cm³/mol. The van der Waals surface area contributed by atoms with Gasteiger partial charge in [-0.05, 0) is 12.0 Å². The van der Waals surface area contributed by atoms with E-state index in [1.165, 1.54) is 5.56 Å². The molecule has 0 amide bonds. The summed E-state index contributed by atoms with van der Waals surface area (Å²) in [6.45, 7) is 2.86. The number of unbranched alkanes of at least 4 members (excludes halogenated alkanes) is 1. The van der Waals surface area contributed by atoms with Gasteiger partial charge in [0.05, 0.1) is 6.42 Å². The van der Waals surface area contributed by atoms with Crippen LogP contribution in [0.4, 0.5) is 0 Å². The maximum absolute atomic E-state index is 10.7. The zero-order valence-electron chi connectivity index (χ0n) is 10.4. The molecule has 1 aromatic carbocycles. The van der Waals surface area contributed by atoms with E-state index in [0.29, 0.717) is 0 Å². The van der Waals surface area contributed by atoms with Crippen molar-refractivity contribution in [1.82, 2.24) is 5.32 Å². The van der Waals surface area contributed by atoms with Gasteiger partial charge < -0.3 is 10.4 Å². The van der Waals surface area contributed by atoms with E-state index in [1.807, 2.05) is 30.3 Å². The lowest BCUT2D eigenvalue weighted by Gasteiger charge is -2.16. The number of hydrogen-bond donors (Lipinski definition) is 2. The van der Waals surface area contributed by atoms with Gasteiger partial charge in [-0.3, -0.25) is 4.79 Å². The van der Waals surface area contributed by atoms with E-state index < -0.39 is 5.97 Å². The molecule has 0 aliphatic rings. The second-order valence-electron chi connectivity index (χ2n) is 4.30. The summed E-state index contributed by atoms with van der Waals surface area (Å²) < 4.78 is 0. The summed E-state index contributed by atoms with van der Waals surface area (Å²) in [4.78, 5) is 10.7. The number of carboxylic acids is 1. The van der Waals surface area contributed by atoms with E-state index in [-0.39, 0.29) is 12.5 Å². The first-order chi connectivity index (χ1) is 8.22. The molecule has 0 aliphatic carbocycles. The van der Waals surface area contributed by atoms with Crippen molar-refractivity contribution in [3.05, 3.63) is 35.9 Å². The van der Waals surface area contributed by atoms with Gasteiger partial charge >= 0.3 is 5.97 Å². The maximum Gasteiger partial charge on any atom is 0.304 e. The first kappa shape index (κ1) is 13.7. The molecule has 2 N–H and O–H groups in total. The van der Waals surface area contributed by atoms with Gasteiger partial charge in [-0.15, -0.1) is 0 Å². The average molecular weight is 235 g/mol. The number of hydrogen-bond acceptors (Lipinski definition) is 2. The first-order valence-corrected chi connectivity index (χ1v) is 6.21. The number of carbonyl (C=O) groups is 1. The van der Waals surface area contributed by atoms with E-state index in [1.54, 1.807) is 0 Å². The average Bonchev–Trinajstić information content (AvgIpc) is 2.33. The topological polar surface area (TPSA) is 49.3 Å². The molecule has 1 aromatic rings. The highest BCUT2D eigenvalue weighted by Crippen LogP contribution is 2.06. The van der Waals surface area contributed by atoms with Gasteiger partial charge in [0.15, 0.2) is 0 Å². The molecule has 0 aliphatic heterocycles. The van der Waals surface area contributed by atoms with Crippen LogP contribution in [-0.2, 0) is 11.3 Å². The van der Waals surface area contributed by atoms with E-state index >= 15 is 0 Å². The first-order valence-electron chi connectivity index (χ1n) is 6.21. The van der Waals surface area contributed by atoms with Crippen molar-refractivity contribution in [2.45, 2.75) is 45.2 Å². The summed E-state index contributed by atoms with van der Waals surface area (Å²) in [5, 5.41) is 12.2. The minimum Gasteiger partial charge on any atom is -0.481 e. The fourth-order valence-electron chi connectivity index (χ4n) is 1.80. The molecular formula is C14H21NO2. The number of rotatable bonds is 8. The minimum atomic E-state index is -0.730. The van der Waals surface area contributed by atoms with Crippen LogP contribution in [0.2, 0.25) is 0 Å². The summed E-state index contributed by atoms with van der Waals surface area (Å²) in [5.74, 6) is -0.730. The summed E-state index contributed by atoms with van der Waals surface area (Å²) >= 11 is 0. The summed E-state index contributed by atoms with van der Waals surface area (Å²) in [5.41, 5.74) is 1.19. The van der Waals surface area contributed by atoms with Crippen LogP contribution in [0.5, 0.6) is 0 Å². The Kier molecular flexibility index (Phi) is 6.33. The predicted octanol–water partition coefficient (Wildman–Crippen LogP) is 2.81. The lowest BCUT2D eigenvalue weighted by Crippen LogP contribution is -2.31. The fourth-order valence-corrected chi connectivity index (χ4v) is 1.80. The quantitative estimate of drug-likeness (QED) is 0.728. The fraction of sp³-hybridized carbons (Fsp3) is 0.500. The second kappa shape index (κ2) is 7.85. The Morgan fingerprint density at radius 3 is 2.65 bits per heavy atom. The third kappa shape index (κ3) is 6.07. The Morgan fingerprint density at radius 2 is 2.06 bits per heavy atom. The zero-order valence-corrected chi connectivity index (χ0v) is 10.4. The van der Waals surface area contributed by atoms with E-state index in [9.17, 15) is 4.79 Å². The van der Waals surface area contributed by atoms with E-state index in [2.05, 4.69) is 12.2 Å². The Balaban J connectivity index is 2.40. The third-order valence-corrected chi connectivity index (χ3v) is 2.76.